The summed E-state index contributed by atoms with van der Waals surface area (Å²) < 4.78 is 5.26. The normalized spacial score (nSPS) is 25.5. The van der Waals surface area contributed by atoms with Gasteiger partial charge in [0.05, 0.1) is 26.3 Å². The van der Waals surface area contributed by atoms with Crippen molar-refractivity contribution >= 4 is 11.9 Å². The minimum atomic E-state index is -0.931. The Hall–Kier alpha value is -1.77. The molecule has 0 radical (unpaired) electrons. The van der Waals surface area contributed by atoms with Gasteiger partial charge in [-0.2, -0.15) is 0 Å². The summed E-state index contributed by atoms with van der Waals surface area (Å²) in [5.74, 6) is 0.554. The molecule has 1 aromatic rings. The highest BCUT2D eigenvalue weighted by Crippen LogP contribution is 2.23. The molecule has 0 bridgehead atoms. The molecule has 1 atom stereocenters. The molecule has 2 aliphatic heterocycles. The van der Waals surface area contributed by atoms with Gasteiger partial charge in [-0.25, -0.2) is 9.97 Å². The average Bonchev–Trinajstić information content (AvgIpc) is 2.98. The number of rotatable bonds is 5. The molecule has 23 heavy (non-hydrogen) atoms. The van der Waals surface area contributed by atoms with Gasteiger partial charge in [-0.3, -0.25) is 9.69 Å². The Labute approximate surface area is 135 Å². The molecule has 1 aromatic heterocycles. The van der Waals surface area contributed by atoms with Crippen molar-refractivity contribution in [3.63, 3.8) is 0 Å². The molecule has 2 fully saturated rings. The number of β-amino-alcohol motifs (C(OH)–C–C–N with tert-alkyl or cyclic N) is 1. The standard InChI is InChI=1S/C15H23N5O3/c21-13(10-19-6-8-23-9-7-19)18-11-15(22)2-5-20(12-15)14-16-3-1-4-17-14/h1,3-4,22H,2,5-12H2,(H,18,21)/t15-/m1/s1. The number of nitrogens with one attached hydrogen (secondary N) is 1. The van der Waals surface area contributed by atoms with E-state index in [0.29, 0.717) is 45.2 Å². The predicted octanol–water partition coefficient (Wildman–Crippen LogP) is -1.13. The molecule has 0 aliphatic carbocycles. The van der Waals surface area contributed by atoms with Gasteiger partial charge >= 0.3 is 0 Å². The quantitative estimate of drug-likeness (QED) is 0.709. The molecule has 3 heterocycles. The van der Waals surface area contributed by atoms with E-state index in [9.17, 15) is 9.90 Å². The van der Waals surface area contributed by atoms with Crippen LogP contribution >= 0.6 is 0 Å². The summed E-state index contributed by atoms with van der Waals surface area (Å²) in [6.45, 7) is 4.60. The van der Waals surface area contributed by atoms with E-state index >= 15 is 0 Å². The van der Waals surface area contributed by atoms with Gasteiger partial charge in [0.25, 0.3) is 0 Å². The predicted molar refractivity (Wildman–Crippen MR) is 84.1 cm³/mol. The van der Waals surface area contributed by atoms with Crippen molar-refractivity contribution in [2.45, 2.75) is 12.0 Å². The molecule has 1 amide bonds. The van der Waals surface area contributed by atoms with Gasteiger partial charge in [0, 0.05) is 38.6 Å². The summed E-state index contributed by atoms with van der Waals surface area (Å²) >= 11 is 0. The summed E-state index contributed by atoms with van der Waals surface area (Å²) in [6.07, 6.45) is 3.96. The van der Waals surface area contributed by atoms with Crippen LogP contribution in [0.3, 0.4) is 0 Å². The number of carbonyl (C=O) groups excluding carboxylic acids is 1. The van der Waals surface area contributed by atoms with Crippen LogP contribution in [-0.4, -0.2) is 84.0 Å². The Kier molecular flexibility index (Phi) is 5.04. The highest BCUT2D eigenvalue weighted by Gasteiger charge is 2.37. The highest BCUT2D eigenvalue weighted by atomic mass is 16.5. The second-order valence-electron chi connectivity index (χ2n) is 6.11. The third-order valence-corrected chi connectivity index (χ3v) is 4.25. The monoisotopic (exact) mass is 321 g/mol. The Morgan fingerprint density at radius 3 is 2.78 bits per heavy atom. The van der Waals surface area contributed by atoms with Crippen molar-refractivity contribution in [3.8, 4) is 0 Å². The van der Waals surface area contributed by atoms with Gasteiger partial charge in [-0.1, -0.05) is 0 Å². The van der Waals surface area contributed by atoms with Crippen LogP contribution in [0, 0.1) is 0 Å². The smallest absolute Gasteiger partial charge is 0.234 e. The first-order valence-corrected chi connectivity index (χ1v) is 7.96. The molecule has 8 nitrogen and oxygen atoms in total. The molecule has 0 saturated carbocycles. The van der Waals surface area contributed by atoms with Gasteiger partial charge in [-0.05, 0) is 12.5 Å². The third kappa shape index (κ3) is 4.37. The lowest BCUT2D eigenvalue weighted by atomic mass is 10.0. The number of hydrogen-bond acceptors (Lipinski definition) is 7. The molecule has 3 rings (SSSR count). The molecular formula is C15H23N5O3. The first kappa shape index (κ1) is 16.1. The van der Waals surface area contributed by atoms with Gasteiger partial charge in [0.15, 0.2) is 0 Å². The number of amides is 1. The van der Waals surface area contributed by atoms with Gasteiger partial charge in [0.2, 0.25) is 11.9 Å². The van der Waals surface area contributed by atoms with Crippen LogP contribution < -0.4 is 10.2 Å². The summed E-state index contributed by atoms with van der Waals surface area (Å²) in [4.78, 5) is 24.4. The van der Waals surface area contributed by atoms with Gasteiger partial charge in [0.1, 0.15) is 5.60 Å². The number of ether oxygens (including phenoxy) is 1. The Bertz CT molecular complexity index is 523. The fourth-order valence-corrected chi connectivity index (χ4v) is 2.91. The lowest BCUT2D eigenvalue weighted by Crippen LogP contribution is -2.49. The van der Waals surface area contributed by atoms with Crippen LogP contribution in [-0.2, 0) is 9.53 Å². The first-order valence-electron chi connectivity index (χ1n) is 7.96. The van der Waals surface area contributed by atoms with Crippen molar-refractivity contribution in [1.82, 2.24) is 20.2 Å². The van der Waals surface area contributed by atoms with Crippen molar-refractivity contribution in [2.24, 2.45) is 0 Å². The number of aromatic nitrogens is 2. The van der Waals surface area contributed by atoms with E-state index in [2.05, 4.69) is 20.2 Å². The molecule has 8 heteroatoms. The van der Waals surface area contributed by atoms with E-state index in [4.69, 9.17) is 4.74 Å². The highest BCUT2D eigenvalue weighted by molar-refractivity contribution is 5.78. The van der Waals surface area contributed by atoms with E-state index in [0.717, 1.165) is 13.1 Å². The number of anilines is 1. The van der Waals surface area contributed by atoms with Crippen LogP contribution in [0.2, 0.25) is 0 Å². The largest absolute Gasteiger partial charge is 0.386 e. The second kappa shape index (κ2) is 7.20. The fraction of sp³-hybridized carbons (Fsp3) is 0.667. The molecule has 0 unspecified atom stereocenters. The Morgan fingerprint density at radius 1 is 1.30 bits per heavy atom. The summed E-state index contributed by atoms with van der Waals surface area (Å²) in [5, 5.41) is 13.5. The lowest BCUT2D eigenvalue weighted by Gasteiger charge is -2.27. The van der Waals surface area contributed by atoms with E-state index < -0.39 is 5.60 Å². The van der Waals surface area contributed by atoms with E-state index in [1.807, 2.05) is 4.90 Å². The van der Waals surface area contributed by atoms with Crippen molar-refractivity contribution in [3.05, 3.63) is 18.5 Å². The number of carbonyl (C=O) groups is 1. The second-order valence-corrected chi connectivity index (χ2v) is 6.11. The number of aliphatic hydroxyl groups is 1. The molecule has 2 N–H and O–H groups in total. The zero-order valence-corrected chi connectivity index (χ0v) is 13.1. The van der Waals surface area contributed by atoms with Crippen LogP contribution in [0.15, 0.2) is 18.5 Å². The molecule has 2 saturated heterocycles. The molecule has 2 aliphatic rings. The SMILES string of the molecule is O=C(CN1CCOCC1)NC[C@]1(O)CCN(c2ncccn2)C1. The maximum Gasteiger partial charge on any atom is 0.234 e. The zero-order chi connectivity index (χ0) is 16.1. The number of morpholine rings is 1. The minimum absolute atomic E-state index is 0.0604. The van der Waals surface area contributed by atoms with E-state index in [1.165, 1.54) is 0 Å². The summed E-state index contributed by atoms with van der Waals surface area (Å²) in [7, 11) is 0. The van der Waals surface area contributed by atoms with Crippen molar-refractivity contribution in [2.75, 3.05) is 57.4 Å². The van der Waals surface area contributed by atoms with Crippen molar-refractivity contribution in [1.29, 1.82) is 0 Å². The Morgan fingerprint density at radius 2 is 2.04 bits per heavy atom. The molecular weight excluding hydrogens is 298 g/mol. The maximum absolute atomic E-state index is 12.0. The topological polar surface area (TPSA) is 90.8 Å². The summed E-state index contributed by atoms with van der Waals surface area (Å²) in [5.41, 5.74) is -0.931. The lowest BCUT2D eigenvalue weighted by molar-refractivity contribution is -0.124. The van der Waals surface area contributed by atoms with Crippen LogP contribution in [0.25, 0.3) is 0 Å². The fourth-order valence-electron chi connectivity index (χ4n) is 2.91. The number of nitrogens with zero attached hydrogens (tertiary/aromatic N) is 4. The van der Waals surface area contributed by atoms with E-state index in [-0.39, 0.29) is 12.5 Å². The zero-order valence-electron chi connectivity index (χ0n) is 13.1. The first-order chi connectivity index (χ1) is 11.1. The van der Waals surface area contributed by atoms with Crippen LogP contribution in [0.5, 0.6) is 0 Å². The third-order valence-electron chi connectivity index (χ3n) is 4.25. The van der Waals surface area contributed by atoms with Crippen LogP contribution in [0.4, 0.5) is 5.95 Å². The Balaban J connectivity index is 1.45. The maximum atomic E-state index is 12.0. The summed E-state index contributed by atoms with van der Waals surface area (Å²) in [6, 6.07) is 1.76. The minimum Gasteiger partial charge on any atom is -0.386 e. The molecule has 0 aromatic carbocycles. The number of hydrogen-bond donors (Lipinski definition) is 2. The molecule has 126 valence electrons. The van der Waals surface area contributed by atoms with Gasteiger partial charge < -0.3 is 20.1 Å². The van der Waals surface area contributed by atoms with Crippen molar-refractivity contribution < 1.29 is 14.6 Å². The average molecular weight is 321 g/mol. The van der Waals surface area contributed by atoms with E-state index in [1.54, 1.807) is 18.5 Å². The van der Waals surface area contributed by atoms with Gasteiger partial charge in [-0.15, -0.1) is 0 Å². The molecule has 0 spiro atoms. The van der Waals surface area contributed by atoms with Crippen LogP contribution in [0.1, 0.15) is 6.42 Å².